The molecule has 0 radical (unpaired) electrons. The first-order chi connectivity index (χ1) is 17.5. The van der Waals surface area contributed by atoms with Crippen LogP contribution >= 0.6 is 0 Å². The number of ether oxygens (including phenoxy) is 1. The molecular weight excluding hydrogens is 457 g/mol. The van der Waals surface area contributed by atoms with E-state index >= 15 is 0 Å². The van der Waals surface area contributed by atoms with Crippen molar-refractivity contribution in [1.82, 2.24) is 0 Å². The minimum absolute atomic E-state index is 0.127. The quantitative estimate of drug-likeness (QED) is 0.248. The Hall–Kier alpha value is -2.49. The summed E-state index contributed by atoms with van der Waals surface area (Å²) in [5.41, 5.74) is 1.60. The number of benzene rings is 2. The molecule has 4 rings (SSSR count). The smallest absolute Gasteiger partial charge is 0.166 e. The molecule has 2 aliphatic rings. The third kappa shape index (κ3) is 6.63. The molecule has 0 bridgehead atoms. The predicted octanol–water partition coefficient (Wildman–Crippen LogP) is 9.73. The van der Waals surface area contributed by atoms with Gasteiger partial charge in [0.1, 0.15) is 11.6 Å². The minimum atomic E-state index is -0.732. The molecule has 0 atom stereocenters. The summed E-state index contributed by atoms with van der Waals surface area (Å²) in [4.78, 5) is 0. The van der Waals surface area contributed by atoms with Gasteiger partial charge in [-0.3, -0.25) is 0 Å². The van der Waals surface area contributed by atoms with Gasteiger partial charge in [0.15, 0.2) is 11.6 Å². The standard InChI is InChI=1S/C32H39F3O/c1-3-4-5-20-36-27-17-19-28(30(33)21-27)24-13-8-23(9-14-24)10-15-26-16-18-29(32(35)31(26)34)25-11-6-22(2)7-12-25/h3,10,15-19,21-25H,1,4-9,11-14,20H2,2H3/b15-10+. The third-order valence-corrected chi connectivity index (χ3v) is 8.15. The largest absolute Gasteiger partial charge is 0.493 e. The van der Waals surface area contributed by atoms with Crippen LogP contribution in [0.2, 0.25) is 0 Å². The van der Waals surface area contributed by atoms with Gasteiger partial charge >= 0.3 is 0 Å². The van der Waals surface area contributed by atoms with Gasteiger partial charge in [-0.05, 0) is 92.2 Å². The third-order valence-electron chi connectivity index (χ3n) is 8.15. The van der Waals surface area contributed by atoms with Gasteiger partial charge in [-0.15, -0.1) is 6.58 Å². The Morgan fingerprint density at radius 1 is 0.861 bits per heavy atom. The molecule has 2 saturated carbocycles. The Morgan fingerprint density at radius 3 is 2.22 bits per heavy atom. The summed E-state index contributed by atoms with van der Waals surface area (Å²) in [5, 5.41) is 0. The average molecular weight is 497 g/mol. The van der Waals surface area contributed by atoms with Gasteiger partial charge < -0.3 is 4.74 Å². The van der Waals surface area contributed by atoms with Crippen molar-refractivity contribution in [2.24, 2.45) is 11.8 Å². The van der Waals surface area contributed by atoms with E-state index in [1.807, 2.05) is 24.3 Å². The maximum atomic E-state index is 14.9. The molecule has 0 saturated heterocycles. The normalized spacial score (nSPS) is 24.7. The van der Waals surface area contributed by atoms with Crippen LogP contribution in [-0.2, 0) is 0 Å². The summed E-state index contributed by atoms with van der Waals surface area (Å²) in [5.74, 6) is 0.218. The van der Waals surface area contributed by atoms with Crippen molar-refractivity contribution in [3.8, 4) is 5.75 Å². The predicted molar refractivity (Wildman–Crippen MR) is 142 cm³/mol. The van der Waals surface area contributed by atoms with E-state index in [-0.39, 0.29) is 17.7 Å². The molecule has 0 unspecified atom stereocenters. The number of hydrogen-bond acceptors (Lipinski definition) is 1. The van der Waals surface area contributed by atoms with Crippen LogP contribution in [-0.4, -0.2) is 6.61 Å². The lowest BCUT2D eigenvalue weighted by Gasteiger charge is -2.27. The Balaban J connectivity index is 1.31. The number of hydrogen-bond donors (Lipinski definition) is 0. The van der Waals surface area contributed by atoms with E-state index < -0.39 is 11.6 Å². The lowest BCUT2D eigenvalue weighted by Crippen LogP contribution is -2.13. The molecule has 0 spiro atoms. The SMILES string of the molecule is C=CCCCOc1ccc(C2CCC(/C=C/c3ccc(C4CCC(C)CC4)c(F)c3F)CC2)c(F)c1. The van der Waals surface area contributed by atoms with Gasteiger partial charge in [0.2, 0.25) is 0 Å². The number of rotatable bonds is 9. The van der Waals surface area contributed by atoms with Crippen LogP contribution in [0.5, 0.6) is 5.75 Å². The van der Waals surface area contributed by atoms with E-state index in [9.17, 15) is 13.2 Å². The van der Waals surface area contributed by atoms with Gasteiger partial charge in [-0.25, -0.2) is 13.2 Å². The van der Waals surface area contributed by atoms with Crippen molar-refractivity contribution < 1.29 is 17.9 Å². The summed E-state index contributed by atoms with van der Waals surface area (Å²) in [6, 6.07) is 8.71. The summed E-state index contributed by atoms with van der Waals surface area (Å²) >= 11 is 0. The van der Waals surface area contributed by atoms with Crippen molar-refractivity contribution in [2.45, 2.75) is 83.0 Å². The summed E-state index contributed by atoms with van der Waals surface area (Å²) in [6.45, 7) is 6.47. The fraction of sp³-hybridized carbons (Fsp3) is 0.500. The molecule has 2 aliphatic carbocycles. The van der Waals surface area contributed by atoms with Crippen LogP contribution in [0, 0.1) is 29.3 Å². The zero-order chi connectivity index (χ0) is 25.5. The zero-order valence-electron chi connectivity index (χ0n) is 21.5. The second kappa shape index (κ2) is 12.7. The Bertz CT molecular complexity index is 1040. The van der Waals surface area contributed by atoms with Crippen molar-refractivity contribution in [3.05, 3.63) is 83.2 Å². The molecule has 2 aromatic carbocycles. The molecule has 36 heavy (non-hydrogen) atoms. The van der Waals surface area contributed by atoms with E-state index in [1.54, 1.807) is 18.2 Å². The second-order valence-electron chi connectivity index (χ2n) is 10.8. The highest BCUT2D eigenvalue weighted by molar-refractivity contribution is 5.52. The van der Waals surface area contributed by atoms with Crippen molar-refractivity contribution in [1.29, 1.82) is 0 Å². The average Bonchev–Trinajstić information content (AvgIpc) is 2.89. The van der Waals surface area contributed by atoms with Crippen LogP contribution in [0.15, 0.2) is 49.1 Å². The molecule has 1 nitrogen and oxygen atoms in total. The molecule has 0 amide bonds. The molecular formula is C32H39F3O. The summed E-state index contributed by atoms with van der Waals surface area (Å²) in [6.07, 6.45) is 14.9. The highest BCUT2D eigenvalue weighted by Crippen LogP contribution is 2.39. The topological polar surface area (TPSA) is 9.23 Å². The molecule has 2 fully saturated rings. The maximum Gasteiger partial charge on any atom is 0.166 e. The van der Waals surface area contributed by atoms with E-state index in [4.69, 9.17) is 4.74 Å². The summed E-state index contributed by atoms with van der Waals surface area (Å²) < 4.78 is 50.1. The fourth-order valence-corrected chi connectivity index (χ4v) is 5.80. The first-order valence-electron chi connectivity index (χ1n) is 13.7. The van der Waals surface area contributed by atoms with Crippen molar-refractivity contribution >= 4 is 6.08 Å². The number of halogens is 3. The molecule has 194 valence electrons. The minimum Gasteiger partial charge on any atom is -0.493 e. The lowest BCUT2D eigenvalue weighted by atomic mass is 9.78. The van der Waals surface area contributed by atoms with E-state index in [0.29, 0.717) is 35.3 Å². The van der Waals surface area contributed by atoms with E-state index in [0.717, 1.165) is 69.8 Å². The fourth-order valence-electron chi connectivity index (χ4n) is 5.80. The van der Waals surface area contributed by atoms with Crippen LogP contribution in [0.4, 0.5) is 13.2 Å². The maximum absolute atomic E-state index is 14.9. The van der Waals surface area contributed by atoms with Gasteiger partial charge in [-0.1, -0.05) is 56.2 Å². The molecule has 4 heteroatoms. The Kier molecular flexibility index (Phi) is 9.34. The van der Waals surface area contributed by atoms with Crippen LogP contribution < -0.4 is 4.74 Å². The first-order valence-corrected chi connectivity index (χ1v) is 13.7. The van der Waals surface area contributed by atoms with Gasteiger partial charge in [0.05, 0.1) is 6.61 Å². The molecule has 0 aromatic heterocycles. The monoisotopic (exact) mass is 496 g/mol. The van der Waals surface area contributed by atoms with E-state index in [1.165, 1.54) is 6.07 Å². The molecule has 2 aromatic rings. The highest BCUT2D eigenvalue weighted by atomic mass is 19.2. The first kappa shape index (κ1) is 26.6. The van der Waals surface area contributed by atoms with Crippen LogP contribution in [0.25, 0.3) is 6.08 Å². The van der Waals surface area contributed by atoms with Crippen LogP contribution in [0.1, 0.15) is 99.7 Å². The van der Waals surface area contributed by atoms with Gasteiger partial charge in [0.25, 0.3) is 0 Å². The zero-order valence-corrected chi connectivity index (χ0v) is 21.5. The summed E-state index contributed by atoms with van der Waals surface area (Å²) in [7, 11) is 0. The molecule has 0 N–H and O–H groups in total. The van der Waals surface area contributed by atoms with Crippen LogP contribution in [0.3, 0.4) is 0 Å². The van der Waals surface area contributed by atoms with E-state index in [2.05, 4.69) is 13.5 Å². The lowest BCUT2D eigenvalue weighted by molar-refractivity contribution is 0.309. The Morgan fingerprint density at radius 2 is 1.53 bits per heavy atom. The number of allylic oxidation sites excluding steroid dienone is 2. The molecule has 0 aliphatic heterocycles. The number of unbranched alkanes of at least 4 members (excludes halogenated alkanes) is 1. The highest BCUT2D eigenvalue weighted by Gasteiger charge is 2.25. The Labute approximate surface area is 214 Å². The van der Waals surface area contributed by atoms with Gasteiger partial charge in [-0.2, -0.15) is 0 Å². The molecule has 0 heterocycles. The second-order valence-corrected chi connectivity index (χ2v) is 10.8. The van der Waals surface area contributed by atoms with Crippen molar-refractivity contribution in [3.63, 3.8) is 0 Å². The van der Waals surface area contributed by atoms with Crippen molar-refractivity contribution in [2.75, 3.05) is 6.61 Å². The van der Waals surface area contributed by atoms with Gasteiger partial charge in [0, 0.05) is 11.6 Å².